The number of nitrogens with zero attached hydrogens (tertiary/aromatic N) is 14. The van der Waals surface area contributed by atoms with Crippen LogP contribution < -0.4 is 41.3 Å². The molecule has 0 aliphatic carbocycles. The summed E-state index contributed by atoms with van der Waals surface area (Å²) in [5.41, 5.74) is 6.92. The van der Waals surface area contributed by atoms with Gasteiger partial charge in [0.05, 0.1) is 56.5 Å². The number of hydrogen-bond donors (Lipinski definition) is 4. The van der Waals surface area contributed by atoms with Crippen LogP contribution in [0.3, 0.4) is 0 Å². The van der Waals surface area contributed by atoms with Crippen molar-refractivity contribution in [2.75, 3.05) is 57.4 Å². The number of nitrogens with one attached hydrogen (secondary N) is 3. The van der Waals surface area contributed by atoms with Gasteiger partial charge < -0.3 is 36.2 Å². The Labute approximate surface area is 447 Å². The number of fused-ring (bicyclic) bond motifs is 2. The second kappa shape index (κ2) is 23.0. The summed E-state index contributed by atoms with van der Waals surface area (Å²) in [5, 5.41) is 16.5. The summed E-state index contributed by atoms with van der Waals surface area (Å²) in [5.74, 6) is -0.346. The van der Waals surface area contributed by atoms with Gasteiger partial charge in [-0.3, -0.25) is 48.3 Å². The minimum absolute atomic E-state index is 0.0297. The van der Waals surface area contributed by atoms with Crippen molar-refractivity contribution >= 4 is 64.6 Å². The Morgan fingerprint density at radius 2 is 1.08 bits per heavy atom. The van der Waals surface area contributed by atoms with Gasteiger partial charge in [-0.1, -0.05) is 12.1 Å². The fourth-order valence-corrected chi connectivity index (χ4v) is 7.77. The van der Waals surface area contributed by atoms with E-state index in [0.29, 0.717) is 56.7 Å². The first-order valence-corrected chi connectivity index (χ1v) is 24.2. The number of carbonyl (C=O) groups excluding carboxylic acids is 5. The molecule has 30 heteroatoms. The molecule has 0 spiro atoms. The van der Waals surface area contributed by atoms with E-state index in [0.717, 1.165) is 24.5 Å². The number of aryl methyl sites for hydroxylation is 2. The number of hydrogen-bond acceptors (Lipinski definition) is 17. The van der Waals surface area contributed by atoms with Gasteiger partial charge in [0.15, 0.2) is 11.6 Å². The molecule has 0 unspecified atom stereocenters. The number of anilines is 6. The van der Waals surface area contributed by atoms with Crippen molar-refractivity contribution in [3.63, 3.8) is 0 Å². The van der Waals surface area contributed by atoms with Crippen LogP contribution in [0.2, 0.25) is 0 Å². The lowest BCUT2D eigenvalue weighted by molar-refractivity contribution is -0.142. The molecule has 5 N–H and O–H groups in total. The summed E-state index contributed by atoms with van der Waals surface area (Å²) in [6, 6.07) is 3.48. The molecule has 0 fully saturated rings. The summed E-state index contributed by atoms with van der Waals surface area (Å²) >= 11 is 0. The van der Waals surface area contributed by atoms with E-state index in [-0.39, 0.29) is 56.4 Å². The molecule has 6 aromatic rings. The Kier molecular flexibility index (Phi) is 16.9. The SMILES string of the molecule is Cc1nc(N(Cc2cnn(Cc3ccc(C(F)(F)F)nc3)c2)C(=O)CN)nc2c1NC(=O)[C@H](C)N2C.Cc1nc(N(Cc2cnn(Cc3ccc(C(F)(F)F)nc3)c2)C(=O)CNC(=O)OC(C)(C)C)nc2c1NC(=O)[C@H](C)N2C. The summed E-state index contributed by atoms with van der Waals surface area (Å²) in [4.78, 5) is 93.8. The highest BCUT2D eigenvalue weighted by molar-refractivity contribution is 6.04. The molecule has 0 aromatic carbocycles. The Hall–Kier alpha value is -8.83. The molecule has 79 heavy (non-hydrogen) atoms. The fraction of sp³-hybridized carbons (Fsp3) is 0.408. The third-order valence-electron chi connectivity index (χ3n) is 12.2. The lowest BCUT2D eigenvalue weighted by Gasteiger charge is -2.33. The number of alkyl halides is 6. The van der Waals surface area contributed by atoms with Crippen molar-refractivity contribution in [2.45, 2.75) is 105 Å². The number of alkyl carbamates (subject to hydrolysis) is 1. The molecule has 5 amide bonds. The molecule has 0 saturated heterocycles. The maximum absolute atomic E-state index is 13.5. The van der Waals surface area contributed by atoms with Crippen molar-refractivity contribution < 1.29 is 55.1 Å². The molecule has 8 heterocycles. The predicted molar refractivity (Wildman–Crippen MR) is 273 cm³/mol. The molecule has 8 rings (SSSR count). The van der Waals surface area contributed by atoms with Crippen molar-refractivity contribution in [2.24, 2.45) is 5.73 Å². The molecular formula is C49H56F6N18O6. The Balaban J connectivity index is 0.000000232. The molecule has 2 atom stereocenters. The molecule has 0 bridgehead atoms. The molecule has 24 nitrogen and oxygen atoms in total. The zero-order valence-electron chi connectivity index (χ0n) is 44.2. The Morgan fingerprint density at radius 1 is 0.658 bits per heavy atom. The van der Waals surface area contributed by atoms with Gasteiger partial charge in [-0.2, -0.15) is 46.5 Å². The van der Waals surface area contributed by atoms with Crippen molar-refractivity contribution in [1.29, 1.82) is 0 Å². The molecule has 2 aliphatic heterocycles. The van der Waals surface area contributed by atoms with E-state index in [1.54, 1.807) is 84.8 Å². The number of likely N-dealkylation sites (N-methyl/N-ethyl adjacent to an activating group) is 2. The number of aromatic nitrogens is 10. The summed E-state index contributed by atoms with van der Waals surface area (Å²) < 4.78 is 85.0. The van der Waals surface area contributed by atoms with Gasteiger partial charge in [-0.05, 0) is 71.7 Å². The number of halogens is 6. The third-order valence-corrected chi connectivity index (χ3v) is 12.2. The van der Waals surface area contributed by atoms with Gasteiger partial charge >= 0.3 is 18.4 Å². The van der Waals surface area contributed by atoms with E-state index in [4.69, 9.17) is 10.5 Å². The highest BCUT2D eigenvalue weighted by Crippen LogP contribution is 2.35. The topological polar surface area (TPSA) is 283 Å². The lowest BCUT2D eigenvalue weighted by atomic mass is 10.2. The monoisotopic (exact) mass is 1110 g/mol. The Morgan fingerprint density at radius 3 is 1.44 bits per heavy atom. The summed E-state index contributed by atoms with van der Waals surface area (Å²) in [6.45, 7) is 11.5. The maximum Gasteiger partial charge on any atom is 0.433 e. The van der Waals surface area contributed by atoms with E-state index < -0.39 is 65.9 Å². The van der Waals surface area contributed by atoms with Crippen LogP contribution in [0.25, 0.3) is 0 Å². The first-order valence-electron chi connectivity index (χ1n) is 24.2. The van der Waals surface area contributed by atoms with E-state index in [2.05, 4.69) is 56.1 Å². The normalized spacial score (nSPS) is 15.2. The zero-order chi connectivity index (χ0) is 57.9. The minimum Gasteiger partial charge on any atom is -0.444 e. The van der Waals surface area contributed by atoms with E-state index >= 15 is 0 Å². The summed E-state index contributed by atoms with van der Waals surface area (Å²) in [7, 11) is 3.43. The number of amides is 5. The highest BCUT2D eigenvalue weighted by Gasteiger charge is 2.36. The highest BCUT2D eigenvalue weighted by atomic mass is 19.4. The average molecular weight is 1110 g/mol. The van der Waals surface area contributed by atoms with Crippen LogP contribution >= 0.6 is 0 Å². The lowest BCUT2D eigenvalue weighted by Crippen LogP contribution is -2.46. The molecule has 0 radical (unpaired) electrons. The average Bonchev–Trinajstić information content (AvgIpc) is 4.05. The van der Waals surface area contributed by atoms with Crippen LogP contribution in [0.15, 0.2) is 61.4 Å². The smallest absolute Gasteiger partial charge is 0.433 e. The van der Waals surface area contributed by atoms with Crippen LogP contribution in [0.1, 0.15) is 79.6 Å². The van der Waals surface area contributed by atoms with Crippen molar-refractivity contribution in [3.8, 4) is 0 Å². The maximum atomic E-state index is 13.5. The Bertz CT molecular complexity index is 3230. The van der Waals surface area contributed by atoms with Gasteiger partial charge in [0.2, 0.25) is 35.5 Å². The number of nitrogens with two attached hydrogens (primary N) is 1. The fourth-order valence-electron chi connectivity index (χ4n) is 7.77. The van der Waals surface area contributed by atoms with Gasteiger partial charge in [-0.25, -0.2) is 14.8 Å². The van der Waals surface area contributed by atoms with Gasteiger partial charge in [0.1, 0.15) is 47.0 Å². The second-order valence-corrected chi connectivity index (χ2v) is 19.4. The van der Waals surface area contributed by atoms with Crippen LogP contribution in [-0.4, -0.2) is 124 Å². The zero-order valence-corrected chi connectivity index (χ0v) is 44.2. The molecule has 0 saturated carbocycles. The third kappa shape index (κ3) is 14.0. The van der Waals surface area contributed by atoms with Crippen LogP contribution in [0.4, 0.5) is 66.0 Å². The largest absolute Gasteiger partial charge is 0.444 e. The van der Waals surface area contributed by atoms with Gasteiger partial charge in [0.25, 0.3) is 0 Å². The molecule has 6 aromatic heterocycles. The van der Waals surface area contributed by atoms with Crippen molar-refractivity contribution in [3.05, 3.63) is 106 Å². The first kappa shape index (κ1) is 57.9. The van der Waals surface area contributed by atoms with Gasteiger partial charge in [-0.15, -0.1) is 0 Å². The number of pyridine rings is 2. The van der Waals surface area contributed by atoms with E-state index in [9.17, 15) is 50.3 Å². The molecule has 2 aliphatic rings. The van der Waals surface area contributed by atoms with Crippen LogP contribution in [-0.2, 0) is 62.4 Å². The van der Waals surface area contributed by atoms with E-state index in [1.807, 2.05) is 0 Å². The van der Waals surface area contributed by atoms with Crippen molar-refractivity contribution in [1.82, 2.24) is 54.8 Å². The second-order valence-electron chi connectivity index (χ2n) is 19.4. The van der Waals surface area contributed by atoms with Gasteiger partial charge in [0, 0.05) is 50.0 Å². The van der Waals surface area contributed by atoms with Crippen LogP contribution in [0.5, 0.6) is 0 Å². The number of ether oxygens (including phenoxy) is 1. The molecular weight excluding hydrogens is 1050 g/mol. The van der Waals surface area contributed by atoms with E-state index in [1.165, 1.54) is 43.7 Å². The number of rotatable bonds is 13. The minimum atomic E-state index is -4.54. The molecule has 420 valence electrons. The number of carbonyl (C=O) groups is 5. The summed E-state index contributed by atoms with van der Waals surface area (Å²) in [6.07, 6.45) is -1.23. The predicted octanol–water partition coefficient (Wildman–Crippen LogP) is 4.99. The standard InChI is InChI=1S/C27H32F3N9O4.C22H24F3N9O2/c1-15-21-22(37(6)16(2)23(41)35-21)36-24(34-15)39(20(40)11-32-25(42)43-26(3,4)5)14-18-10-33-38(13-18)12-17-7-8-19(31-9-17)27(28,29)30;1-12-18-19(32(3)13(2)20(36)30-18)31-21(29-12)34(17(35)6-26)11-15-8-28-33(10-15)9-14-4-5-16(27-7-14)22(23,24)25/h7-10,13,16H,11-12,14H2,1-6H3,(H,32,42)(H,35,41);4-5,7-8,10,13H,6,9,11,26H2,1-3H3,(H,30,36)/t16-;13-/m00/s1. The first-order chi connectivity index (χ1) is 37.0. The quantitative estimate of drug-likeness (QED) is 0.111. The van der Waals surface area contributed by atoms with Crippen LogP contribution in [0, 0.1) is 13.8 Å².